The molecule has 1 heterocycles. The van der Waals surface area contributed by atoms with E-state index < -0.39 is 10.7 Å². The van der Waals surface area contributed by atoms with Crippen LogP contribution in [0.1, 0.15) is 21.5 Å². The molecule has 23 heavy (non-hydrogen) atoms. The molecule has 1 aliphatic heterocycles. The number of fused-ring (bicyclic) bond motifs is 1. The molecular formula is C17H12FNO3S. The molecule has 4 nitrogen and oxygen atoms in total. The van der Waals surface area contributed by atoms with Crippen LogP contribution in [-0.4, -0.2) is 16.5 Å². The summed E-state index contributed by atoms with van der Waals surface area (Å²) in [7, 11) is 0. The van der Waals surface area contributed by atoms with Crippen molar-refractivity contribution < 1.29 is 14.1 Å². The summed E-state index contributed by atoms with van der Waals surface area (Å²) in [6.07, 6.45) is 1.63. The van der Waals surface area contributed by atoms with Crippen molar-refractivity contribution >= 4 is 29.3 Å². The first-order chi connectivity index (χ1) is 11.0. The SMILES string of the molecule is Cc1ccc(C=C2CSc3c(F)cccc3C2=O)cc1[N+](=O)[O-]. The van der Waals surface area contributed by atoms with Crippen LogP contribution < -0.4 is 0 Å². The molecule has 116 valence electrons. The van der Waals surface area contributed by atoms with Gasteiger partial charge in [0.1, 0.15) is 5.82 Å². The number of nitro groups is 1. The topological polar surface area (TPSA) is 60.2 Å². The van der Waals surface area contributed by atoms with Gasteiger partial charge in [0.2, 0.25) is 0 Å². The lowest BCUT2D eigenvalue weighted by Crippen LogP contribution is -2.13. The van der Waals surface area contributed by atoms with E-state index in [2.05, 4.69) is 0 Å². The first-order valence-corrected chi connectivity index (χ1v) is 7.87. The third-order valence-electron chi connectivity index (χ3n) is 3.65. The summed E-state index contributed by atoms with van der Waals surface area (Å²) in [6, 6.07) is 9.26. The largest absolute Gasteiger partial charge is 0.289 e. The van der Waals surface area contributed by atoms with E-state index in [-0.39, 0.29) is 11.5 Å². The van der Waals surface area contributed by atoms with Gasteiger partial charge in [-0.1, -0.05) is 18.2 Å². The number of halogens is 1. The van der Waals surface area contributed by atoms with Crippen LogP contribution in [0.4, 0.5) is 10.1 Å². The highest BCUT2D eigenvalue weighted by Crippen LogP contribution is 2.35. The van der Waals surface area contributed by atoms with Crippen LogP contribution in [0.15, 0.2) is 46.9 Å². The molecule has 0 spiro atoms. The number of carbonyl (C=O) groups is 1. The van der Waals surface area contributed by atoms with E-state index in [1.54, 1.807) is 31.2 Å². The highest BCUT2D eigenvalue weighted by atomic mass is 32.2. The first kappa shape index (κ1) is 15.4. The fourth-order valence-corrected chi connectivity index (χ4v) is 3.48. The summed E-state index contributed by atoms with van der Waals surface area (Å²) in [6.45, 7) is 1.66. The van der Waals surface area contributed by atoms with Crippen LogP contribution in [0.3, 0.4) is 0 Å². The van der Waals surface area contributed by atoms with Crippen molar-refractivity contribution in [1.29, 1.82) is 0 Å². The monoisotopic (exact) mass is 329 g/mol. The van der Waals surface area contributed by atoms with Crippen molar-refractivity contribution in [2.75, 3.05) is 5.75 Å². The number of carbonyl (C=O) groups excluding carboxylic acids is 1. The third-order valence-corrected chi connectivity index (χ3v) is 4.80. The van der Waals surface area contributed by atoms with Crippen molar-refractivity contribution in [3.63, 3.8) is 0 Å². The predicted molar refractivity (Wildman–Crippen MR) is 87.3 cm³/mol. The van der Waals surface area contributed by atoms with Crippen LogP contribution in [0, 0.1) is 22.9 Å². The standard InChI is InChI=1S/C17H12FNO3S/c1-10-5-6-11(8-15(10)19(21)22)7-12-9-23-17-13(16(12)20)3-2-4-14(17)18/h2-8H,9H2,1H3. The quantitative estimate of drug-likeness (QED) is 0.465. The third kappa shape index (κ3) is 2.90. The van der Waals surface area contributed by atoms with Gasteiger partial charge in [0.25, 0.3) is 5.69 Å². The molecule has 0 unspecified atom stereocenters. The molecule has 0 atom stereocenters. The molecule has 0 bridgehead atoms. The van der Waals surface area contributed by atoms with Crippen LogP contribution in [0.25, 0.3) is 6.08 Å². The van der Waals surface area contributed by atoms with Crippen molar-refractivity contribution in [1.82, 2.24) is 0 Å². The maximum atomic E-state index is 13.7. The second-order valence-corrected chi connectivity index (χ2v) is 6.19. The number of nitro benzene ring substituents is 1. The van der Waals surface area contributed by atoms with Crippen LogP contribution in [-0.2, 0) is 0 Å². The zero-order chi connectivity index (χ0) is 16.6. The van der Waals surface area contributed by atoms with Gasteiger partial charge in [0, 0.05) is 28.5 Å². The van der Waals surface area contributed by atoms with E-state index in [9.17, 15) is 19.3 Å². The average molecular weight is 329 g/mol. The number of aryl methyl sites for hydroxylation is 1. The minimum atomic E-state index is -0.445. The zero-order valence-electron chi connectivity index (χ0n) is 12.2. The minimum Gasteiger partial charge on any atom is -0.289 e. The fourth-order valence-electron chi connectivity index (χ4n) is 2.44. The Bertz CT molecular complexity index is 861. The van der Waals surface area contributed by atoms with Crippen LogP contribution in [0.2, 0.25) is 0 Å². The summed E-state index contributed by atoms with van der Waals surface area (Å²) in [4.78, 5) is 23.4. The van der Waals surface area contributed by atoms with Gasteiger partial charge in [0.05, 0.1) is 9.82 Å². The number of rotatable bonds is 2. The number of ketones is 1. The molecule has 1 aliphatic rings. The highest BCUT2D eigenvalue weighted by molar-refractivity contribution is 7.99. The van der Waals surface area contributed by atoms with Gasteiger partial charge in [-0.05, 0) is 30.7 Å². The van der Waals surface area contributed by atoms with Gasteiger partial charge in [-0.2, -0.15) is 0 Å². The van der Waals surface area contributed by atoms with E-state index in [0.717, 1.165) is 0 Å². The highest BCUT2D eigenvalue weighted by Gasteiger charge is 2.25. The number of thioether (sulfide) groups is 1. The number of hydrogen-bond acceptors (Lipinski definition) is 4. The second-order valence-electron chi connectivity index (χ2n) is 5.21. The predicted octanol–water partition coefficient (Wildman–Crippen LogP) is 4.41. The van der Waals surface area contributed by atoms with E-state index in [1.165, 1.54) is 30.0 Å². The molecule has 2 aromatic rings. The Kier molecular flexibility index (Phi) is 4.00. The summed E-state index contributed by atoms with van der Waals surface area (Å²) in [5.74, 6) is -0.290. The second kappa shape index (κ2) is 5.96. The Hall–Kier alpha value is -2.47. The van der Waals surface area contributed by atoms with Crippen molar-refractivity contribution in [3.8, 4) is 0 Å². The van der Waals surface area contributed by atoms with Gasteiger partial charge in [0.15, 0.2) is 5.78 Å². The zero-order valence-corrected chi connectivity index (χ0v) is 13.0. The Morgan fingerprint density at radius 1 is 1.30 bits per heavy atom. The number of hydrogen-bond donors (Lipinski definition) is 0. The molecular weight excluding hydrogens is 317 g/mol. The van der Waals surface area contributed by atoms with Gasteiger partial charge in [-0.15, -0.1) is 11.8 Å². The molecule has 3 rings (SSSR count). The summed E-state index contributed by atoms with van der Waals surface area (Å²) in [5, 5.41) is 11.0. The molecule has 0 fully saturated rings. The molecule has 0 radical (unpaired) electrons. The van der Waals surface area contributed by atoms with Crippen molar-refractivity contribution in [3.05, 3.63) is 74.6 Å². The molecule has 0 N–H and O–H groups in total. The minimum absolute atomic E-state index is 0.0155. The summed E-state index contributed by atoms with van der Waals surface area (Å²) >= 11 is 1.26. The lowest BCUT2D eigenvalue weighted by Gasteiger charge is -2.17. The molecule has 0 aromatic heterocycles. The van der Waals surface area contributed by atoms with Crippen molar-refractivity contribution in [2.45, 2.75) is 11.8 Å². The smallest absolute Gasteiger partial charge is 0.272 e. The van der Waals surface area contributed by atoms with Crippen molar-refractivity contribution in [2.24, 2.45) is 0 Å². The van der Waals surface area contributed by atoms with Crippen LogP contribution in [0.5, 0.6) is 0 Å². The summed E-state index contributed by atoms with van der Waals surface area (Å²) < 4.78 is 13.7. The molecule has 0 aliphatic carbocycles. The fraction of sp³-hybridized carbons (Fsp3) is 0.118. The van der Waals surface area contributed by atoms with Gasteiger partial charge in [-0.3, -0.25) is 14.9 Å². The van der Waals surface area contributed by atoms with Gasteiger partial charge < -0.3 is 0 Å². The van der Waals surface area contributed by atoms with Gasteiger partial charge >= 0.3 is 0 Å². The van der Waals surface area contributed by atoms with E-state index >= 15 is 0 Å². The molecule has 0 amide bonds. The molecule has 6 heteroatoms. The molecule has 2 aromatic carbocycles. The lowest BCUT2D eigenvalue weighted by molar-refractivity contribution is -0.385. The first-order valence-electron chi connectivity index (χ1n) is 6.89. The van der Waals surface area contributed by atoms with E-state index in [4.69, 9.17) is 0 Å². The maximum Gasteiger partial charge on any atom is 0.272 e. The number of nitrogens with zero attached hydrogens (tertiary/aromatic N) is 1. The number of Topliss-reactive ketones (excluding diaryl/α,β-unsaturated/α-hetero) is 1. The molecule has 0 saturated carbocycles. The normalized spacial score (nSPS) is 15.6. The van der Waals surface area contributed by atoms with Crippen LogP contribution >= 0.6 is 11.8 Å². The summed E-state index contributed by atoms with van der Waals surface area (Å²) in [5.41, 5.74) is 2.02. The van der Waals surface area contributed by atoms with E-state index in [0.29, 0.717) is 32.9 Å². The van der Waals surface area contributed by atoms with E-state index in [1.807, 2.05) is 0 Å². The Labute approximate surface area is 136 Å². The average Bonchev–Trinajstić information content (AvgIpc) is 2.52. The maximum absolute atomic E-state index is 13.7. The van der Waals surface area contributed by atoms with Gasteiger partial charge in [-0.25, -0.2) is 4.39 Å². The number of benzene rings is 2. The Morgan fingerprint density at radius 3 is 2.83 bits per heavy atom. The Balaban J connectivity index is 2.00. The molecule has 0 saturated heterocycles. The Morgan fingerprint density at radius 2 is 2.09 bits per heavy atom. The lowest BCUT2D eigenvalue weighted by atomic mass is 10.0.